The molecule has 0 saturated heterocycles. The highest BCUT2D eigenvalue weighted by atomic mass is 19.1. The van der Waals surface area contributed by atoms with E-state index < -0.39 is 17.6 Å². The van der Waals surface area contributed by atoms with Crippen molar-refractivity contribution < 1.29 is 32.7 Å². The maximum Gasteiger partial charge on any atom is 0.316 e. The molecule has 3 rings (SSSR count). The third-order valence-corrected chi connectivity index (χ3v) is 4.36. The van der Waals surface area contributed by atoms with Crippen molar-refractivity contribution in [1.82, 2.24) is 20.8 Å². The van der Waals surface area contributed by atoms with Crippen molar-refractivity contribution in [3.05, 3.63) is 53.7 Å². The molecule has 3 aromatic rings. The highest BCUT2D eigenvalue weighted by Gasteiger charge is 2.19. The van der Waals surface area contributed by atoms with E-state index in [2.05, 4.69) is 20.8 Å². The lowest BCUT2D eigenvalue weighted by Gasteiger charge is -2.14. The van der Waals surface area contributed by atoms with Gasteiger partial charge in [0.1, 0.15) is 5.82 Å². The van der Waals surface area contributed by atoms with Gasteiger partial charge in [0.05, 0.1) is 26.9 Å². The number of ether oxygens (including phenoxy) is 3. The number of amides is 2. The zero-order valence-corrected chi connectivity index (χ0v) is 17.6. The Hall–Kier alpha value is -4.15. The molecule has 0 radical (unpaired) electrons. The van der Waals surface area contributed by atoms with Gasteiger partial charge in [0, 0.05) is 18.7 Å². The van der Waals surface area contributed by atoms with Crippen LogP contribution in [0.2, 0.25) is 0 Å². The lowest BCUT2D eigenvalue weighted by Crippen LogP contribution is -2.34. The smallest absolute Gasteiger partial charge is 0.316 e. The van der Waals surface area contributed by atoms with E-state index in [1.54, 1.807) is 6.07 Å². The molecule has 0 aliphatic carbocycles. The van der Waals surface area contributed by atoms with E-state index in [1.807, 2.05) is 0 Å². The fourth-order valence-corrected chi connectivity index (χ4v) is 2.81. The van der Waals surface area contributed by atoms with E-state index >= 15 is 0 Å². The molecule has 2 aromatic carbocycles. The summed E-state index contributed by atoms with van der Waals surface area (Å²) in [5.74, 6) is -0.897. The van der Waals surface area contributed by atoms with Gasteiger partial charge in [-0.1, -0.05) is 17.3 Å². The molecule has 2 N–H and O–H groups in total. The lowest BCUT2D eigenvalue weighted by atomic mass is 10.1. The van der Waals surface area contributed by atoms with Crippen LogP contribution in [-0.4, -0.2) is 56.4 Å². The van der Waals surface area contributed by atoms with Crippen molar-refractivity contribution in [2.45, 2.75) is 0 Å². The van der Waals surface area contributed by atoms with Gasteiger partial charge in [-0.3, -0.25) is 9.59 Å². The van der Waals surface area contributed by atoms with E-state index in [0.717, 1.165) is 0 Å². The second-order valence-corrected chi connectivity index (χ2v) is 6.33. The number of carbonyl (C=O) groups is 2. The van der Waals surface area contributed by atoms with Gasteiger partial charge in [-0.05, 0) is 24.3 Å². The third kappa shape index (κ3) is 4.94. The van der Waals surface area contributed by atoms with E-state index in [4.69, 9.17) is 18.7 Å². The molecule has 11 heteroatoms. The van der Waals surface area contributed by atoms with Crippen molar-refractivity contribution in [2.24, 2.45) is 0 Å². The van der Waals surface area contributed by atoms with Crippen molar-refractivity contribution in [3.63, 3.8) is 0 Å². The Morgan fingerprint density at radius 1 is 0.969 bits per heavy atom. The number of methoxy groups -OCH3 is 3. The highest BCUT2D eigenvalue weighted by molar-refractivity contribution is 5.95. The summed E-state index contributed by atoms with van der Waals surface area (Å²) in [6.45, 7) is 0.210. The van der Waals surface area contributed by atoms with Gasteiger partial charge in [-0.25, -0.2) is 4.39 Å². The lowest BCUT2D eigenvalue weighted by molar-refractivity contribution is 0.0898. The molecule has 0 atom stereocenters. The van der Waals surface area contributed by atoms with Crippen LogP contribution in [0.15, 0.2) is 40.9 Å². The number of benzene rings is 2. The first kappa shape index (κ1) is 22.5. The van der Waals surface area contributed by atoms with Gasteiger partial charge < -0.3 is 29.4 Å². The van der Waals surface area contributed by atoms with E-state index in [1.165, 1.54) is 51.7 Å². The standard InChI is InChI=1S/C21H21FN4O6/c1-29-15-10-12(11-16(30-2)17(15)31-3)19(27)23-8-9-24-20(28)21-25-18(26-32-21)13-6-4-5-7-14(13)22/h4-7,10-11H,8-9H2,1-3H3,(H,23,27)(H,24,28). The monoisotopic (exact) mass is 444 g/mol. The Balaban J connectivity index is 1.55. The summed E-state index contributed by atoms with van der Waals surface area (Å²) in [4.78, 5) is 28.5. The van der Waals surface area contributed by atoms with E-state index in [-0.39, 0.29) is 35.9 Å². The maximum atomic E-state index is 13.8. The molecule has 168 valence electrons. The number of hydrogen-bond acceptors (Lipinski definition) is 8. The summed E-state index contributed by atoms with van der Waals surface area (Å²) < 4.78 is 34.4. The van der Waals surface area contributed by atoms with Gasteiger partial charge in [0.15, 0.2) is 11.5 Å². The highest BCUT2D eigenvalue weighted by Crippen LogP contribution is 2.38. The zero-order valence-electron chi connectivity index (χ0n) is 17.6. The Kier molecular flexibility index (Phi) is 7.21. The Labute approximate surface area is 182 Å². The molecule has 10 nitrogen and oxygen atoms in total. The molecule has 1 heterocycles. The zero-order chi connectivity index (χ0) is 23.1. The average Bonchev–Trinajstić information content (AvgIpc) is 3.31. The van der Waals surface area contributed by atoms with E-state index in [0.29, 0.717) is 17.2 Å². The predicted molar refractivity (Wildman–Crippen MR) is 110 cm³/mol. The van der Waals surface area contributed by atoms with Crippen LogP contribution in [0.1, 0.15) is 21.0 Å². The van der Waals surface area contributed by atoms with Gasteiger partial charge in [-0.15, -0.1) is 0 Å². The number of carbonyl (C=O) groups excluding carboxylic acids is 2. The van der Waals surface area contributed by atoms with E-state index in [9.17, 15) is 14.0 Å². The molecule has 0 spiro atoms. The minimum atomic E-state index is -0.651. The maximum absolute atomic E-state index is 13.8. The minimum Gasteiger partial charge on any atom is -0.493 e. The normalized spacial score (nSPS) is 10.4. The molecular weight excluding hydrogens is 423 g/mol. The molecule has 0 aliphatic rings. The molecule has 32 heavy (non-hydrogen) atoms. The van der Waals surface area contributed by atoms with Crippen LogP contribution >= 0.6 is 0 Å². The molecule has 1 aromatic heterocycles. The summed E-state index contributed by atoms with van der Waals surface area (Å²) in [6.07, 6.45) is 0. The van der Waals surface area contributed by atoms with Crippen molar-refractivity contribution in [2.75, 3.05) is 34.4 Å². The largest absolute Gasteiger partial charge is 0.493 e. The Morgan fingerprint density at radius 2 is 1.59 bits per heavy atom. The summed E-state index contributed by atoms with van der Waals surface area (Å²) in [5, 5.41) is 8.82. The number of hydrogen-bond donors (Lipinski definition) is 2. The fraction of sp³-hybridized carbons (Fsp3) is 0.238. The first-order chi connectivity index (χ1) is 15.5. The minimum absolute atomic E-state index is 0.0380. The summed E-state index contributed by atoms with van der Waals surface area (Å²) in [7, 11) is 4.36. The fourth-order valence-electron chi connectivity index (χ4n) is 2.81. The summed E-state index contributed by atoms with van der Waals surface area (Å²) in [6, 6.07) is 8.89. The summed E-state index contributed by atoms with van der Waals surface area (Å²) in [5.41, 5.74) is 0.408. The first-order valence-corrected chi connectivity index (χ1v) is 9.43. The van der Waals surface area contributed by atoms with Crippen LogP contribution in [0.25, 0.3) is 11.4 Å². The molecule has 2 amide bonds. The average molecular weight is 444 g/mol. The second kappa shape index (κ2) is 10.2. The number of nitrogens with zero attached hydrogens (tertiary/aromatic N) is 2. The Morgan fingerprint density at radius 3 is 2.19 bits per heavy atom. The molecule has 0 saturated carbocycles. The van der Waals surface area contributed by atoms with Crippen molar-refractivity contribution in [3.8, 4) is 28.6 Å². The van der Waals surface area contributed by atoms with Gasteiger partial charge in [0.25, 0.3) is 5.91 Å². The Bertz CT molecular complexity index is 1090. The SMILES string of the molecule is COc1cc(C(=O)NCCNC(=O)c2nc(-c3ccccc3F)no2)cc(OC)c1OC. The molecule has 0 unspecified atom stereocenters. The van der Waals surface area contributed by atoms with Crippen molar-refractivity contribution in [1.29, 1.82) is 0 Å². The van der Waals surface area contributed by atoms with Crippen molar-refractivity contribution >= 4 is 11.8 Å². The van der Waals surface area contributed by atoms with Crippen LogP contribution in [0, 0.1) is 5.82 Å². The molecular formula is C21H21FN4O6. The quantitative estimate of drug-likeness (QED) is 0.481. The topological polar surface area (TPSA) is 125 Å². The van der Waals surface area contributed by atoms with Gasteiger partial charge in [-0.2, -0.15) is 4.98 Å². The number of rotatable bonds is 9. The number of halogens is 1. The number of aromatic nitrogens is 2. The van der Waals surface area contributed by atoms with Gasteiger partial charge in [0.2, 0.25) is 11.6 Å². The number of nitrogens with one attached hydrogen (secondary N) is 2. The van der Waals surface area contributed by atoms with Crippen LogP contribution in [0.5, 0.6) is 17.2 Å². The van der Waals surface area contributed by atoms with Crippen LogP contribution in [0.4, 0.5) is 4.39 Å². The van der Waals surface area contributed by atoms with Crippen LogP contribution < -0.4 is 24.8 Å². The third-order valence-electron chi connectivity index (χ3n) is 4.36. The van der Waals surface area contributed by atoms with Crippen LogP contribution in [-0.2, 0) is 0 Å². The van der Waals surface area contributed by atoms with Crippen LogP contribution in [0.3, 0.4) is 0 Å². The second-order valence-electron chi connectivity index (χ2n) is 6.33. The molecule has 0 fully saturated rings. The summed E-state index contributed by atoms with van der Waals surface area (Å²) >= 11 is 0. The first-order valence-electron chi connectivity index (χ1n) is 9.43. The molecule has 0 bridgehead atoms. The molecule has 0 aliphatic heterocycles. The van der Waals surface area contributed by atoms with Gasteiger partial charge >= 0.3 is 11.8 Å². The predicted octanol–water partition coefficient (Wildman–Crippen LogP) is 2.06.